The summed E-state index contributed by atoms with van der Waals surface area (Å²) in [6, 6.07) is 17.4. The zero-order chi connectivity index (χ0) is 23.9. The van der Waals surface area contributed by atoms with Gasteiger partial charge in [0.1, 0.15) is 12.4 Å². The van der Waals surface area contributed by atoms with E-state index >= 15 is 0 Å². The predicted octanol–water partition coefficient (Wildman–Crippen LogP) is 4.96. The SMILES string of the molecule is CCCOc1ccc(COc2nc(NC(=O)Cc3ccccc3)nc3c2ncn3C(C)C)cc1. The van der Waals surface area contributed by atoms with Crippen molar-refractivity contribution in [2.24, 2.45) is 0 Å². The smallest absolute Gasteiger partial charge is 0.247 e. The fraction of sp³-hybridized carbons (Fsp3) is 0.308. The highest BCUT2D eigenvalue weighted by Gasteiger charge is 2.17. The summed E-state index contributed by atoms with van der Waals surface area (Å²) < 4.78 is 13.6. The number of carbonyl (C=O) groups excluding carboxylic acids is 1. The number of hydrogen-bond donors (Lipinski definition) is 1. The van der Waals surface area contributed by atoms with E-state index in [0.717, 1.165) is 23.3 Å². The number of anilines is 1. The van der Waals surface area contributed by atoms with Crippen LogP contribution in [0.15, 0.2) is 60.9 Å². The lowest BCUT2D eigenvalue weighted by atomic mass is 10.1. The first-order valence-electron chi connectivity index (χ1n) is 11.5. The van der Waals surface area contributed by atoms with Crippen LogP contribution in [0.4, 0.5) is 5.95 Å². The van der Waals surface area contributed by atoms with E-state index in [0.29, 0.717) is 30.3 Å². The maximum absolute atomic E-state index is 12.6. The van der Waals surface area contributed by atoms with E-state index in [9.17, 15) is 4.79 Å². The average Bonchev–Trinajstić information content (AvgIpc) is 3.27. The number of nitrogens with zero attached hydrogens (tertiary/aromatic N) is 4. The van der Waals surface area contributed by atoms with Crippen LogP contribution in [0.25, 0.3) is 11.2 Å². The molecule has 2 aromatic carbocycles. The second kappa shape index (κ2) is 10.8. The lowest BCUT2D eigenvalue weighted by molar-refractivity contribution is -0.115. The topological polar surface area (TPSA) is 91.2 Å². The third-order valence-corrected chi connectivity index (χ3v) is 5.18. The first kappa shape index (κ1) is 23.2. The van der Waals surface area contributed by atoms with Gasteiger partial charge in [0.25, 0.3) is 0 Å². The molecule has 0 saturated heterocycles. The van der Waals surface area contributed by atoms with E-state index in [-0.39, 0.29) is 24.3 Å². The molecule has 0 saturated carbocycles. The van der Waals surface area contributed by atoms with Gasteiger partial charge in [-0.3, -0.25) is 10.1 Å². The van der Waals surface area contributed by atoms with Crippen LogP contribution in [0.2, 0.25) is 0 Å². The molecule has 2 aromatic heterocycles. The van der Waals surface area contributed by atoms with Crippen molar-refractivity contribution in [2.45, 2.75) is 46.3 Å². The molecular formula is C26H29N5O3. The van der Waals surface area contributed by atoms with E-state index in [2.05, 4.69) is 27.2 Å². The van der Waals surface area contributed by atoms with Gasteiger partial charge >= 0.3 is 0 Å². The Hall–Kier alpha value is -3.94. The van der Waals surface area contributed by atoms with E-state index in [1.54, 1.807) is 6.33 Å². The van der Waals surface area contributed by atoms with Crippen molar-refractivity contribution < 1.29 is 14.3 Å². The minimum atomic E-state index is -0.199. The molecule has 0 aliphatic heterocycles. The Kier molecular flexibility index (Phi) is 7.37. The van der Waals surface area contributed by atoms with Gasteiger partial charge < -0.3 is 14.0 Å². The molecule has 0 radical (unpaired) electrons. The molecule has 4 rings (SSSR count). The van der Waals surface area contributed by atoms with Crippen LogP contribution in [0.5, 0.6) is 11.6 Å². The zero-order valence-electron chi connectivity index (χ0n) is 19.7. The predicted molar refractivity (Wildman–Crippen MR) is 131 cm³/mol. The molecule has 1 N–H and O–H groups in total. The number of imidazole rings is 1. The fourth-order valence-corrected chi connectivity index (χ4v) is 3.43. The summed E-state index contributed by atoms with van der Waals surface area (Å²) in [6.45, 7) is 7.14. The summed E-state index contributed by atoms with van der Waals surface area (Å²) in [6.07, 6.45) is 2.91. The highest BCUT2D eigenvalue weighted by molar-refractivity contribution is 5.91. The maximum atomic E-state index is 12.6. The van der Waals surface area contributed by atoms with Crippen LogP contribution in [0.3, 0.4) is 0 Å². The molecule has 176 valence electrons. The Labute approximate surface area is 199 Å². The molecule has 8 heteroatoms. The largest absolute Gasteiger partial charge is 0.494 e. The maximum Gasteiger partial charge on any atom is 0.247 e. The van der Waals surface area contributed by atoms with E-state index in [1.165, 1.54) is 0 Å². The molecule has 0 atom stereocenters. The lowest BCUT2D eigenvalue weighted by Crippen LogP contribution is -2.17. The molecule has 1 amide bonds. The lowest BCUT2D eigenvalue weighted by Gasteiger charge is -2.12. The molecule has 0 spiro atoms. The molecule has 0 aliphatic carbocycles. The van der Waals surface area contributed by atoms with Gasteiger partial charge in [-0.15, -0.1) is 0 Å². The zero-order valence-corrected chi connectivity index (χ0v) is 19.7. The van der Waals surface area contributed by atoms with Crippen LogP contribution in [0, 0.1) is 0 Å². The number of benzene rings is 2. The van der Waals surface area contributed by atoms with Crippen LogP contribution < -0.4 is 14.8 Å². The second-order valence-corrected chi connectivity index (χ2v) is 8.26. The molecule has 8 nitrogen and oxygen atoms in total. The number of amides is 1. The van der Waals surface area contributed by atoms with Gasteiger partial charge in [0.05, 0.1) is 19.4 Å². The van der Waals surface area contributed by atoms with E-state index in [1.807, 2.05) is 73.0 Å². The second-order valence-electron chi connectivity index (χ2n) is 8.26. The van der Waals surface area contributed by atoms with Crippen molar-refractivity contribution in [3.8, 4) is 11.6 Å². The summed E-state index contributed by atoms with van der Waals surface area (Å²) >= 11 is 0. The normalized spacial score (nSPS) is 11.1. The highest BCUT2D eigenvalue weighted by Crippen LogP contribution is 2.26. The highest BCUT2D eigenvalue weighted by atomic mass is 16.5. The van der Waals surface area contributed by atoms with Crippen molar-refractivity contribution >= 4 is 23.0 Å². The molecule has 34 heavy (non-hydrogen) atoms. The van der Waals surface area contributed by atoms with Crippen molar-refractivity contribution in [1.82, 2.24) is 19.5 Å². The molecule has 0 bridgehead atoms. The van der Waals surface area contributed by atoms with Crippen LogP contribution in [-0.2, 0) is 17.8 Å². The third-order valence-electron chi connectivity index (χ3n) is 5.18. The fourth-order valence-electron chi connectivity index (χ4n) is 3.43. The number of carbonyl (C=O) groups is 1. The van der Waals surface area contributed by atoms with Crippen molar-refractivity contribution in [3.63, 3.8) is 0 Å². The average molecular weight is 460 g/mol. The van der Waals surface area contributed by atoms with Gasteiger partial charge in [-0.2, -0.15) is 9.97 Å². The number of hydrogen-bond acceptors (Lipinski definition) is 6. The van der Waals surface area contributed by atoms with Gasteiger partial charge in [-0.25, -0.2) is 4.98 Å². The van der Waals surface area contributed by atoms with Crippen LogP contribution in [-0.4, -0.2) is 32.0 Å². The molecule has 0 aliphatic rings. The van der Waals surface area contributed by atoms with Crippen LogP contribution >= 0.6 is 0 Å². The Morgan fingerprint density at radius 1 is 1.00 bits per heavy atom. The Bertz CT molecular complexity index is 1240. The first-order chi connectivity index (χ1) is 16.5. The van der Waals surface area contributed by atoms with E-state index < -0.39 is 0 Å². The summed E-state index contributed by atoms with van der Waals surface area (Å²) in [5.74, 6) is 1.14. The minimum Gasteiger partial charge on any atom is -0.494 e. The number of rotatable bonds is 10. The van der Waals surface area contributed by atoms with Gasteiger partial charge in [0.15, 0.2) is 11.2 Å². The van der Waals surface area contributed by atoms with Crippen LogP contribution in [0.1, 0.15) is 44.4 Å². The minimum absolute atomic E-state index is 0.135. The van der Waals surface area contributed by atoms with E-state index in [4.69, 9.17) is 9.47 Å². The molecule has 4 aromatic rings. The van der Waals surface area contributed by atoms with Gasteiger partial charge in [0.2, 0.25) is 17.7 Å². The molecule has 0 unspecified atom stereocenters. The Morgan fingerprint density at radius 2 is 1.76 bits per heavy atom. The summed E-state index contributed by atoms with van der Waals surface area (Å²) in [5.41, 5.74) is 3.04. The third kappa shape index (κ3) is 5.70. The monoisotopic (exact) mass is 459 g/mol. The summed E-state index contributed by atoms with van der Waals surface area (Å²) in [5, 5.41) is 2.81. The van der Waals surface area contributed by atoms with Gasteiger partial charge in [0, 0.05) is 6.04 Å². The van der Waals surface area contributed by atoms with Crippen molar-refractivity contribution in [3.05, 3.63) is 72.1 Å². The Morgan fingerprint density at radius 3 is 2.47 bits per heavy atom. The van der Waals surface area contributed by atoms with Crippen molar-refractivity contribution in [1.29, 1.82) is 0 Å². The number of ether oxygens (including phenoxy) is 2. The molecule has 0 fully saturated rings. The van der Waals surface area contributed by atoms with Gasteiger partial charge in [-0.1, -0.05) is 49.4 Å². The quantitative estimate of drug-likeness (QED) is 0.361. The number of fused-ring (bicyclic) bond motifs is 1. The first-order valence-corrected chi connectivity index (χ1v) is 11.5. The van der Waals surface area contributed by atoms with Crippen molar-refractivity contribution in [2.75, 3.05) is 11.9 Å². The summed E-state index contributed by atoms with van der Waals surface area (Å²) in [4.78, 5) is 26.1. The number of aromatic nitrogens is 4. The molecular weight excluding hydrogens is 430 g/mol. The summed E-state index contributed by atoms with van der Waals surface area (Å²) in [7, 11) is 0. The van der Waals surface area contributed by atoms with Gasteiger partial charge in [-0.05, 0) is 43.5 Å². The standard InChI is InChI=1S/C26H29N5O3/c1-4-14-33-21-12-10-20(11-13-21)16-34-25-23-24(31(17-27-23)18(2)3)29-26(30-25)28-22(32)15-19-8-6-5-7-9-19/h5-13,17-18H,4,14-16H2,1-3H3,(H,28,29,30,32). The molecule has 2 heterocycles. The number of nitrogens with one attached hydrogen (secondary N) is 1. The Balaban J connectivity index is 1.54.